The van der Waals surface area contributed by atoms with Gasteiger partial charge in [0.1, 0.15) is 0 Å². The van der Waals surface area contributed by atoms with E-state index in [1.54, 1.807) is 19.2 Å². The Morgan fingerprint density at radius 3 is 2.92 bits per heavy atom. The van der Waals surface area contributed by atoms with E-state index in [9.17, 15) is 0 Å². The largest absolute Gasteiger partial charge is 0.393 e. The Balaban J connectivity index is 2.48. The lowest BCUT2D eigenvalue weighted by Gasteiger charge is -2.02. The number of hydrogen-bond acceptors (Lipinski definition) is 3. The summed E-state index contributed by atoms with van der Waals surface area (Å²) < 4.78 is 0. The summed E-state index contributed by atoms with van der Waals surface area (Å²) in [5.41, 5.74) is 0. The van der Waals surface area contributed by atoms with E-state index in [0.29, 0.717) is 10.8 Å². The third kappa shape index (κ3) is 3.43. The summed E-state index contributed by atoms with van der Waals surface area (Å²) in [6.45, 7) is 1.75. The molecule has 1 atom stereocenters. The number of halogens is 1. The first kappa shape index (κ1) is 9.84. The van der Waals surface area contributed by atoms with Crippen LogP contribution in [0.3, 0.4) is 0 Å². The molecule has 0 fully saturated rings. The van der Waals surface area contributed by atoms with Gasteiger partial charge in [-0.3, -0.25) is 0 Å². The first-order valence-corrected chi connectivity index (χ1v) is 4.97. The van der Waals surface area contributed by atoms with Crippen LogP contribution in [0.15, 0.2) is 23.4 Å². The van der Waals surface area contributed by atoms with Crippen LogP contribution >= 0.6 is 23.4 Å². The topological polar surface area (TPSA) is 33.1 Å². The molecule has 1 N–H and O–H groups in total. The van der Waals surface area contributed by atoms with E-state index >= 15 is 0 Å². The molecule has 1 aromatic heterocycles. The van der Waals surface area contributed by atoms with Crippen molar-refractivity contribution in [1.82, 2.24) is 4.98 Å². The van der Waals surface area contributed by atoms with E-state index in [1.807, 2.05) is 6.07 Å². The van der Waals surface area contributed by atoms with E-state index in [-0.39, 0.29) is 6.10 Å². The molecule has 0 spiro atoms. The van der Waals surface area contributed by atoms with Gasteiger partial charge in [0.05, 0.1) is 16.2 Å². The average Bonchev–Trinajstić information content (AvgIpc) is 2.03. The molecule has 66 valence electrons. The van der Waals surface area contributed by atoms with Crippen LogP contribution in [0.5, 0.6) is 0 Å². The Labute approximate surface area is 81.0 Å². The molecule has 12 heavy (non-hydrogen) atoms. The SMILES string of the molecule is CC(O)CSc1ccc(Cl)cn1. The summed E-state index contributed by atoms with van der Waals surface area (Å²) in [6, 6.07) is 3.63. The molecular formula is C8H10ClNOS. The first-order valence-electron chi connectivity index (χ1n) is 3.61. The van der Waals surface area contributed by atoms with Crippen molar-refractivity contribution in [3.05, 3.63) is 23.4 Å². The number of rotatable bonds is 3. The average molecular weight is 204 g/mol. The van der Waals surface area contributed by atoms with Gasteiger partial charge in [-0.05, 0) is 19.1 Å². The number of nitrogens with zero attached hydrogens (tertiary/aromatic N) is 1. The van der Waals surface area contributed by atoms with Crippen LogP contribution in [0, 0.1) is 0 Å². The molecule has 1 rings (SSSR count). The number of aliphatic hydroxyl groups excluding tert-OH is 1. The molecule has 1 aromatic rings. The molecule has 0 radical (unpaired) electrons. The Morgan fingerprint density at radius 2 is 2.42 bits per heavy atom. The minimum absolute atomic E-state index is 0.299. The van der Waals surface area contributed by atoms with Crippen molar-refractivity contribution >= 4 is 23.4 Å². The van der Waals surface area contributed by atoms with Crippen LogP contribution < -0.4 is 0 Å². The fraction of sp³-hybridized carbons (Fsp3) is 0.375. The maximum Gasteiger partial charge on any atom is 0.0961 e. The van der Waals surface area contributed by atoms with Crippen molar-refractivity contribution in [2.45, 2.75) is 18.1 Å². The van der Waals surface area contributed by atoms with E-state index in [1.165, 1.54) is 11.8 Å². The highest BCUT2D eigenvalue weighted by Gasteiger charge is 1.98. The third-order valence-corrected chi connectivity index (χ3v) is 2.58. The highest BCUT2D eigenvalue weighted by Crippen LogP contribution is 2.17. The van der Waals surface area contributed by atoms with Crippen LogP contribution in [-0.2, 0) is 0 Å². The van der Waals surface area contributed by atoms with Crippen molar-refractivity contribution in [1.29, 1.82) is 0 Å². The van der Waals surface area contributed by atoms with Gasteiger partial charge in [-0.1, -0.05) is 11.6 Å². The van der Waals surface area contributed by atoms with Crippen LogP contribution in [0.2, 0.25) is 5.02 Å². The maximum absolute atomic E-state index is 8.99. The Hall–Kier alpha value is -0.250. The molecule has 0 aliphatic carbocycles. The number of pyridine rings is 1. The fourth-order valence-corrected chi connectivity index (χ4v) is 1.47. The minimum atomic E-state index is -0.299. The van der Waals surface area contributed by atoms with Crippen molar-refractivity contribution in [3.8, 4) is 0 Å². The van der Waals surface area contributed by atoms with Gasteiger partial charge in [0.2, 0.25) is 0 Å². The number of hydrogen-bond donors (Lipinski definition) is 1. The Morgan fingerprint density at radius 1 is 1.67 bits per heavy atom. The Bertz CT molecular complexity index is 237. The predicted octanol–water partition coefficient (Wildman–Crippen LogP) is 2.21. The second-order valence-corrected chi connectivity index (χ2v) is 3.95. The molecule has 1 heterocycles. The van der Waals surface area contributed by atoms with Crippen molar-refractivity contribution in [2.24, 2.45) is 0 Å². The van der Waals surface area contributed by atoms with Crippen molar-refractivity contribution in [3.63, 3.8) is 0 Å². The van der Waals surface area contributed by atoms with Gasteiger partial charge in [-0.2, -0.15) is 0 Å². The predicted molar refractivity (Wildman–Crippen MR) is 51.7 cm³/mol. The highest BCUT2D eigenvalue weighted by atomic mass is 35.5. The van der Waals surface area contributed by atoms with Gasteiger partial charge < -0.3 is 5.11 Å². The van der Waals surface area contributed by atoms with Gasteiger partial charge in [0.25, 0.3) is 0 Å². The molecule has 0 aromatic carbocycles. The summed E-state index contributed by atoms with van der Waals surface area (Å²) in [5, 5.41) is 10.5. The normalized spacial score (nSPS) is 12.9. The van der Waals surface area contributed by atoms with Crippen LogP contribution in [-0.4, -0.2) is 21.9 Å². The molecule has 0 amide bonds. The molecule has 0 bridgehead atoms. The summed E-state index contributed by atoms with van der Waals surface area (Å²) in [4.78, 5) is 4.07. The lowest BCUT2D eigenvalue weighted by molar-refractivity contribution is 0.220. The second-order valence-electron chi connectivity index (χ2n) is 2.47. The van der Waals surface area contributed by atoms with Gasteiger partial charge in [-0.25, -0.2) is 4.98 Å². The lowest BCUT2D eigenvalue weighted by Crippen LogP contribution is -2.02. The second kappa shape index (κ2) is 4.70. The van der Waals surface area contributed by atoms with Gasteiger partial charge in [-0.15, -0.1) is 11.8 Å². The first-order chi connectivity index (χ1) is 5.68. The maximum atomic E-state index is 8.99. The highest BCUT2D eigenvalue weighted by molar-refractivity contribution is 7.99. The molecule has 0 saturated carbocycles. The summed E-state index contributed by atoms with van der Waals surface area (Å²) >= 11 is 7.17. The number of aliphatic hydroxyl groups is 1. The van der Waals surface area contributed by atoms with E-state index < -0.39 is 0 Å². The summed E-state index contributed by atoms with van der Waals surface area (Å²) in [7, 11) is 0. The fourth-order valence-electron chi connectivity index (χ4n) is 0.654. The Kier molecular flexibility index (Phi) is 3.85. The molecular weight excluding hydrogens is 194 g/mol. The zero-order valence-electron chi connectivity index (χ0n) is 6.70. The molecule has 2 nitrogen and oxygen atoms in total. The van der Waals surface area contributed by atoms with Gasteiger partial charge in [0, 0.05) is 11.9 Å². The monoisotopic (exact) mass is 203 g/mol. The summed E-state index contributed by atoms with van der Waals surface area (Å²) in [5.74, 6) is 0.661. The molecule has 4 heteroatoms. The van der Waals surface area contributed by atoms with Gasteiger partial charge in [0.15, 0.2) is 0 Å². The van der Waals surface area contributed by atoms with E-state index in [0.717, 1.165) is 5.03 Å². The van der Waals surface area contributed by atoms with Crippen molar-refractivity contribution in [2.75, 3.05) is 5.75 Å². The quantitative estimate of drug-likeness (QED) is 0.765. The zero-order valence-corrected chi connectivity index (χ0v) is 8.27. The van der Waals surface area contributed by atoms with Crippen LogP contribution in [0.1, 0.15) is 6.92 Å². The molecule has 0 aliphatic rings. The lowest BCUT2D eigenvalue weighted by atomic mass is 10.5. The standard InChI is InChI=1S/C8H10ClNOS/c1-6(11)5-12-8-3-2-7(9)4-10-8/h2-4,6,11H,5H2,1H3. The number of thioether (sulfide) groups is 1. The van der Waals surface area contributed by atoms with E-state index in [4.69, 9.17) is 16.7 Å². The van der Waals surface area contributed by atoms with E-state index in [2.05, 4.69) is 4.98 Å². The molecule has 1 unspecified atom stereocenters. The van der Waals surface area contributed by atoms with Gasteiger partial charge >= 0.3 is 0 Å². The van der Waals surface area contributed by atoms with Crippen LogP contribution in [0.4, 0.5) is 0 Å². The smallest absolute Gasteiger partial charge is 0.0961 e. The van der Waals surface area contributed by atoms with Crippen LogP contribution in [0.25, 0.3) is 0 Å². The third-order valence-electron chi connectivity index (χ3n) is 1.17. The zero-order chi connectivity index (χ0) is 8.97. The number of aromatic nitrogens is 1. The molecule has 0 aliphatic heterocycles. The minimum Gasteiger partial charge on any atom is -0.393 e. The summed E-state index contributed by atoms with van der Waals surface area (Å²) in [6.07, 6.45) is 1.30. The van der Waals surface area contributed by atoms with Crippen molar-refractivity contribution < 1.29 is 5.11 Å². The molecule has 0 saturated heterocycles.